The first kappa shape index (κ1) is 19.2. The van der Waals surface area contributed by atoms with Gasteiger partial charge in [0.15, 0.2) is 10.8 Å². The van der Waals surface area contributed by atoms with Crippen LogP contribution in [0.4, 0.5) is 28.8 Å². The van der Waals surface area contributed by atoms with Crippen LogP contribution in [0.15, 0.2) is 34.1 Å². The van der Waals surface area contributed by atoms with Crippen molar-refractivity contribution in [3.8, 4) is 0 Å². The normalized spacial score (nSPS) is 11.0. The molecule has 0 unspecified atom stereocenters. The summed E-state index contributed by atoms with van der Waals surface area (Å²) in [6.45, 7) is 0.0195. The maximum atomic E-state index is 12.4. The van der Waals surface area contributed by atoms with E-state index in [0.29, 0.717) is 17.0 Å². The maximum absolute atomic E-state index is 12.4. The minimum Gasteiger partial charge on any atom is -0.337 e. The van der Waals surface area contributed by atoms with Gasteiger partial charge >= 0.3 is 12.2 Å². The highest BCUT2D eigenvalue weighted by molar-refractivity contribution is 9.10. The molecule has 6 nitrogen and oxygen atoms in total. The zero-order chi connectivity index (χ0) is 18.4. The van der Waals surface area contributed by atoms with E-state index in [2.05, 4.69) is 36.9 Å². The summed E-state index contributed by atoms with van der Waals surface area (Å²) in [6.07, 6.45) is -4.65. The van der Waals surface area contributed by atoms with E-state index in [-0.39, 0.29) is 18.1 Å². The van der Waals surface area contributed by atoms with Crippen LogP contribution >= 0.6 is 27.3 Å². The lowest BCUT2D eigenvalue weighted by Gasteiger charge is -2.07. The van der Waals surface area contributed by atoms with Gasteiger partial charge in [-0.1, -0.05) is 15.9 Å². The van der Waals surface area contributed by atoms with E-state index in [1.807, 2.05) is 0 Å². The van der Waals surface area contributed by atoms with Crippen molar-refractivity contribution < 1.29 is 22.8 Å². The molecule has 1 aromatic heterocycles. The molecule has 0 radical (unpaired) electrons. The summed E-state index contributed by atoms with van der Waals surface area (Å²) in [7, 11) is 0. The first-order valence-corrected chi connectivity index (χ1v) is 8.54. The number of nitrogens with one attached hydrogen (secondary N) is 3. The molecule has 0 aliphatic heterocycles. The number of halogens is 4. The van der Waals surface area contributed by atoms with Crippen LogP contribution in [0.1, 0.15) is 12.1 Å². The van der Waals surface area contributed by atoms with Crippen molar-refractivity contribution in [2.24, 2.45) is 0 Å². The SMILES string of the molecule is O=C(CCNC(=O)Nc1ccc(Br)cc1)Nc1nc(C(F)(F)F)cs1. The van der Waals surface area contributed by atoms with Crippen LogP contribution in [0.3, 0.4) is 0 Å². The monoisotopic (exact) mass is 436 g/mol. The fourth-order valence-corrected chi connectivity index (χ4v) is 2.64. The molecule has 0 atom stereocenters. The molecule has 0 fully saturated rings. The lowest BCUT2D eigenvalue weighted by Crippen LogP contribution is -2.31. The number of rotatable bonds is 5. The molecule has 1 aromatic carbocycles. The number of urea groups is 1. The van der Waals surface area contributed by atoms with Gasteiger partial charge in [-0.3, -0.25) is 4.79 Å². The molecule has 3 amide bonds. The molecular weight excluding hydrogens is 425 g/mol. The zero-order valence-corrected chi connectivity index (χ0v) is 14.9. The number of hydrogen-bond acceptors (Lipinski definition) is 4. The molecular formula is C14H12BrF3N4O2S. The Morgan fingerprint density at radius 3 is 2.44 bits per heavy atom. The number of benzene rings is 1. The lowest BCUT2D eigenvalue weighted by molar-refractivity contribution is -0.140. The van der Waals surface area contributed by atoms with Gasteiger partial charge in [0.05, 0.1) is 0 Å². The van der Waals surface area contributed by atoms with Crippen molar-refractivity contribution in [3.63, 3.8) is 0 Å². The molecule has 0 saturated heterocycles. The summed E-state index contributed by atoms with van der Waals surface area (Å²) < 4.78 is 38.1. The average Bonchev–Trinajstić information content (AvgIpc) is 2.98. The average molecular weight is 437 g/mol. The summed E-state index contributed by atoms with van der Waals surface area (Å²) in [4.78, 5) is 26.6. The molecule has 0 bridgehead atoms. The third-order valence-corrected chi connectivity index (χ3v) is 4.07. The van der Waals surface area contributed by atoms with Crippen LogP contribution in [-0.2, 0) is 11.0 Å². The van der Waals surface area contributed by atoms with E-state index in [1.165, 1.54) is 0 Å². The molecule has 0 saturated carbocycles. The van der Waals surface area contributed by atoms with Crippen molar-refractivity contribution in [2.45, 2.75) is 12.6 Å². The van der Waals surface area contributed by atoms with Gasteiger partial charge in [0.25, 0.3) is 0 Å². The molecule has 11 heteroatoms. The van der Waals surface area contributed by atoms with Crippen molar-refractivity contribution in [1.82, 2.24) is 10.3 Å². The fraction of sp³-hybridized carbons (Fsp3) is 0.214. The van der Waals surface area contributed by atoms with Crippen LogP contribution in [0, 0.1) is 0 Å². The summed E-state index contributed by atoms with van der Waals surface area (Å²) in [5.74, 6) is -0.549. The Labute approximate surface area is 153 Å². The standard InChI is InChI=1S/C14H12BrF3N4O2S/c15-8-1-3-9(4-2-8)20-12(24)19-6-5-11(23)22-13-21-10(7-25-13)14(16,17)18/h1-4,7H,5-6H2,(H2,19,20,24)(H,21,22,23). The van der Waals surface area contributed by atoms with Gasteiger partial charge in [-0.25, -0.2) is 9.78 Å². The Kier molecular flexibility index (Phi) is 6.37. The van der Waals surface area contributed by atoms with Crippen LogP contribution in [-0.4, -0.2) is 23.5 Å². The number of aromatic nitrogens is 1. The summed E-state index contributed by atoms with van der Waals surface area (Å²) in [6, 6.07) is 6.40. The molecule has 3 N–H and O–H groups in total. The second kappa shape index (κ2) is 8.30. The molecule has 134 valence electrons. The molecule has 0 aliphatic carbocycles. The second-order valence-corrected chi connectivity index (χ2v) is 6.50. The minimum absolute atomic E-state index is 0.0195. The quantitative estimate of drug-likeness (QED) is 0.660. The summed E-state index contributed by atoms with van der Waals surface area (Å²) in [5.41, 5.74) is -0.479. The molecule has 0 aliphatic rings. The highest BCUT2D eigenvalue weighted by atomic mass is 79.9. The fourth-order valence-electron chi connectivity index (χ4n) is 1.64. The van der Waals surface area contributed by atoms with Crippen LogP contribution in [0.25, 0.3) is 0 Å². The van der Waals surface area contributed by atoms with E-state index in [1.54, 1.807) is 24.3 Å². The van der Waals surface area contributed by atoms with Gasteiger partial charge in [0, 0.05) is 28.5 Å². The Bertz CT molecular complexity index is 749. The molecule has 0 spiro atoms. The third kappa shape index (κ3) is 6.35. The first-order valence-electron chi connectivity index (χ1n) is 6.87. The van der Waals surface area contributed by atoms with Gasteiger partial charge in [0.1, 0.15) is 0 Å². The maximum Gasteiger partial charge on any atom is 0.434 e. The summed E-state index contributed by atoms with van der Waals surface area (Å²) >= 11 is 3.95. The topological polar surface area (TPSA) is 83.1 Å². The van der Waals surface area contributed by atoms with E-state index >= 15 is 0 Å². The van der Waals surface area contributed by atoms with Crippen molar-refractivity contribution in [1.29, 1.82) is 0 Å². The third-order valence-electron chi connectivity index (χ3n) is 2.78. The molecule has 2 rings (SSSR count). The number of alkyl halides is 3. The molecule has 25 heavy (non-hydrogen) atoms. The highest BCUT2D eigenvalue weighted by Crippen LogP contribution is 2.31. The Balaban J connectivity index is 1.72. The smallest absolute Gasteiger partial charge is 0.337 e. The Morgan fingerprint density at radius 1 is 1.16 bits per heavy atom. The zero-order valence-electron chi connectivity index (χ0n) is 12.5. The van der Waals surface area contributed by atoms with Gasteiger partial charge in [-0.05, 0) is 24.3 Å². The lowest BCUT2D eigenvalue weighted by atomic mass is 10.3. The van der Waals surface area contributed by atoms with Gasteiger partial charge in [-0.15, -0.1) is 11.3 Å². The number of hydrogen-bond donors (Lipinski definition) is 3. The van der Waals surface area contributed by atoms with E-state index in [0.717, 1.165) is 9.85 Å². The van der Waals surface area contributed by atoms with E-state index < -0.39 is 23.8 Å². The van der Waals surface area contributed by atoms with Crippen LogP contribution < -0.4 is 16.0 Å². The minimum atomic E-state index is -4.55. The number of amides is 3. The number of thiazole rings is 1. The first-order chi connectivity index (χ1) is 11.7. The Morgan fingerprint density at radius 2 is 1.84 bits per heavy atom. The number of carbonyl (C=O) groups is 2. The predicted molar refractivity (Wildman–Crippen MR) is 91.5 cm³/mol. The van der Waals surface area contributed by atoms with Crippen LogP contribution in [0.5, 0.6) is 0 Å². The van der Waals surface area contributed by atoms with Crippen molar-refractivity contribution in [3.05, 3.63) is 39.8 Å². The molecule has 1 heterocycles. The van der Waals surface area contributed by atoms with Gasteiger partial charge < -0.3 is 16.0 Å². The van der Waals surface area contributed by atoms with E-state index in [9.17, 15) is 22.8 Å². The van der Waals surface area contributed by atoms with Crippen molar-refractivity contribution in [2.75, 3.05) is 17.2 Å². The van der Waals surface area contributed by atoms with Crippen molar-refractivity contribution >= 4 is 50.0 Å². The van der Waals surface area contributed by atoms with E-state index in [4.69, 9.17) is 0 Å². The predicted octanol–water partition coefficient (Wildman–Crippen LogP) is 4.07. The number of nitrogens with zero attached hydrogens (tertiary/aromatic N) is 1. The highest BCUT2D eigenvalue weighted by Gasteiger charge is 2.33. The number of anilines is 2. The molecule has 2 aromatic rings. The van der Waals surface area contributed by atoms with Gasteiger partial charge in [-0.2, -0.15) is 13.2 Å². The van der Waals surface area contributed by atoms with Crippen LogP contribution in [0.2, 0.25) is 0 Å². The van der Waals surface area contributed by atoms with Gasteiger partial charge in [0.2, 0.25) is 5.91 Å². The summed E-state index contributed by atoms with van der Waals surface area (Å²) in [5, 5.41) is 7.98. The largest absolute Gasteiger partial charge is 0.434 e. The Hall–Kier alpha value is -2.14. The number of carbonyl (C=O) groups excluding carboxylic acids is 2. The second-order valence-electron chi connectivity index (χ2n) is 4.72.